The van der Waals surface area contributed by atoms with Gasteiger partial charge in [-0.05, 0) is 61.0 Å². The zero-order valence-corrected chi connectivity index (χ0v) is 18.8. The minimum absolute atomic E-state index is 0.0262. The molecule has 5 nitrogen and oxygen atoms in total. The van der Waals surface area contributed by atoms with E-state index in [0.29, 0.717) is 23.9 Å². The predicted molar refractivity (Wildman–Crippen MR) is 132 cm³/mol. The summed E-state index contributed by atoms with van der Waals surface area (Å²) < 4.78 is 7.52. The molecule has 6 heteroatoms. The van der Waals surface area contributed by atoms with E-state index in [1.807, 2.05) is 67.7 Å². The fourth-order valence-electron chi connectivity index (χ4n) is 3.61. The number of carbonyl (C=O) groups is 1. The quantitative estimate of drug-likeness (QED) is 0.263. The van der Waals surface area contributed by atoms with Crippen molar-refractivity contribution in [1.82, 2.24) is 4.57 Å². The van der Waals surface area contributed by atoms with E-state index in [2.05, 4.69) is 9.88 Å². The van der Waals surface area contributed by atoms with Gasteiger partial charge in [-0.2, -0.15) is 5.26 Å². The highest BCUT2D eigenvalue weighted by Crippen LogP contribution is 2.25. The summed E-state index contributed by atoms with van der Waals surface area (Å²) in [6.07, 6.45) is 3.59. The topological polar surface area (TPSA) is 67.0 Å². The Kier molecular flexibility index (Phi) is 6.77. The van der Waals surface area contributed by atoms with Crippen molar-refractivity contribution in [1.29, 1.82) is 5.26 Å². The number of nitrogens with zero attached hydrogens (tertiary/aromatic N) is 2. The number of halogens is 1. The van der Waals surface area contributed by atoms with Crippen LogP contribution in [0.5, 0.6) is 5.75 Å². The molecule has 4 aromatic rings. The van der Waals surface area contributed by atoms with E-state index in [4.69, 9.17) is 16.3 Å². The van der Waals surface area contributed by atoms with E-state index in [-0.39, 0.29) is 5.57 Å². The van der Waals surface area contributed by atoms with Crippen LogP contribution in [-0.2, 0) is 11.3 Å². The molecule has 1 N–H and O–H groups in total. The average molecular weight is 456 g/mol. The van der Waals surface area contributed by atoms with Crippen LogP contribution in [0.3, 0.4) is 0 Å². The van der Waals surface area contributed by atoms with Gasteiger partial charge in [-0.15, -0.1) is 0 Å². The summed E-state index contributed by atoms with van der Waals surface area (Å²) in [6.45, 7) is 3.12. The Morgan fingerprint density at radius 1 is 1.09 bits per heavy atom. The highest BCUT2D eigenvalue weighted by atomic mass is 35.5. The molecule has 0 unspecified atom stereocenters. The van der Waals surface area contributed by atoms with Crippen molar-refractivity contribution >= 4 is 40.2 Å². The lowest BCUT2D eigenvalue weighted by Crippen LogP contribution is -2.13. The third kappa shape index (κ3) is 5.25. The van der Waals surface area contributed by atoms with Gasteiger partial charge in [0.2, 0.25) is 0 Å². The SMILES string of the molecule is CCOc1ccc(NC(=O)C(C#N)=Cc2cn(Cc3ccc(Cl)cc3)c3ccccc23)cc1. The molecule has 4 rings (SSSR count). The lowest BCUT2D eigenvalue weighted by molar-refractivity contribution is -0.112. The zero-order valence-electron chi connectivity index (χ0n) is 18.1. The Hall–Kier alpha value is -4.01. The monoisotopic (exact) mass is 455 g/mol. The van der Waals surface area contributed by atoms with Crippen molar-refractivity contribution in [3.63, 3.8) is 0 Å². The third-order valence-corrected chi connectivity index (χ3v) is 5.43. The Morgan fingerprint density at radius 3 is 2.52 bits per heavy atom. The second-order valence-corrected chi connectivity index (χ2v) is 7.87. The molecule has 33 heavy (non-hydrogen) atoms. The molecule has 0 atom stereocenters. The van der Waals surface area contributed by atoms with Crippen LogP contribution in [0.25, 0.3) is 17.0 Å². The minimum atomic E-state index is -0.462. The summed E-state index contributed by atoms with van der Waals surface area (Å²) in [5.74, 6) is 0.260. The number of para-hydroxylation sites is 1. The Balaban J connectivity index is 1.61. The summed E-state index contributed by atoms with van der Waals surface area (Å²) >= 11 is 6.01. The molecule has 0 saturated heterocycles. The summed E-state index contributed by atoms with van der Waals surface area (Å²) in [4.78, 5) is 12.8. The number of rotatable bonds is 7. The summed E-state index contributed by atoms with van der Waals surface area (Å²) in [5.41, 5.74) is 3.54. The van der Waals surface area contributed by atoms with Crippen LogP contribution in [-0.4, -0.2) is 17.1 Å². The van der Waals surface area contributed by atoms with Crippen molar-refractivity contribution in [3.8, 4) is 11.8 Å². The molecular weight excluding hydrogens is 434 g/mol. The minimum Gasteiger partial charge on any atom is -0.494 e. The summed E-state index contributed by atoms with van der Waals surface area (Å²) in [6, 6.07) is 24.7. The van der Waals surface area contributed by atoms with Crippen LogP contribution >= 0.6 is 11.6 Å². The number of nitrogens with one attached hydrogen (secondary N) is 1. The summed E-state index contributed by atoms with van der Waals surface area (Å²) in [5, 5.41) is 14.1. The maximum Gasteiger partial charge on any atom is 0.266 e. The van der Waals surface area contributed by atoms with Gasteiger partial charge in [-0.3, -0.25) is 4.79 Å². The summed E-state index contributed by atoms with van der Waals surface area (Å²) in [7, 11) is 0. The molecular formula is C27H22ClN3O2. The van der Waals surface area contributed by atoms with E-state index in [1.54, 1.807) is 30.3 Å². The number of aromatic nitrogens is 1. The van der Waals surface area contributed by atoms with Crippen molar-refractivity contribution in [2.45, 2.75) is 13.5 Å². The fourth-order valence-corrected chi connectivity index (χ4v) is 3.74. The third-order valence-electron chi connectivity index (χ3n) is 5.17. The molecule has 1 aromatic heterocycles. The van der Waals surface area contributed by atoms with Gasteiger partial charge in [0.1, 0.15) is 17.4 Å². The van der Waals surface area contributed by atoms with Crippen LogP contribution < -0.4 is 10.1 Å². The van der Waals surface area contributed by atoms with E-state index in [9.17, 15) is 10.1 Å². The molecule has 0 fully saturated rings. The zero-order chi connectivity index (χ0) is 23.2. The highest BCUT2D eigenvalue weighted by molar-refractivity contribution is 6.30. The Bertz CT molecular complexity index is 1350. The van der Waals surface area contributed by atoms with Crippen molar-refractivity contribution in [2.24, 2.45) is 0 Å². The second-order valence-electron chi connectivity index (χ2n) is 7.44. The van der Waals surface area contributed by atoms with E-state index in [1.165, 1.54) is 0 Å². The molecule has 0 saturated carbocycles. The molecule has 0 aliphatic heterocycles. The number of anilines is 1. The van der Waals surface area contributed by atoms with Gasteiger partial charge in [0.05, 0.1) is 6.61 Å². The van der Waals surface area contributed by atoms with Crippen molar-refractivity contribution in [2.75, 3.05) is 11.9 Å². The molecule has 1 amide bonds. The average Bonchev–Trinajstić information content (AvgIpc) is 3.17. The van der Waals surface area contributed by atoms with Gasteiger partial charge in [-0.1, -0.05) is 41.9 Å². The van der Waals surface area contributed by atoms with Crippen LogP contribution in [0.15, 0.2) is 84.6 Å². The molecule has 0 aliphatic rings. The van der Waals surface area contributed by atoms with Gasteiger partial charge in [0, 0.05) is 39.9 Å². The van der Waals surface area contributed by atoms with Gasteiger partial charge in [0.15, 0.2) is 0 Å². The number of ether oxygens (including phenoxy) is 1. The van der Waals surface area contributed by atoms with Crippen LogP contribution in [0, 0.1) is 11.3 Å². The van der Waals surface area contributed by atoms with Crippen molar-refractivity contribution in [3.05, 3.63) is 101 Å². The number of hydrogen-bond acceptors (Lipinski definition) is 3. The van der Waals surface area contributed by atoms with E-state index in [0.717, 1.165) is 27.8 Å². The molecule has 164 valence electrons. The smallest absolute Gasteiger partial charge is 0.266 e. The molecule has 1 heterocycles. The number of fused-ring (bicyclic) bond motifs is 1. The second kappa shape index (κ2) is 10.1. The van der Waals surface area contributed by atoms with Crippen LogP contribution in [0.2, 0.25) is 5.02 Å². The molecule has 0 spiro atoms. The van der Waals surface area contributed by atoms with Gasteiger partial charge in [0.25, 0.3) is 5.91 Å². The highest BCUT2D eigenvalue weighted by Gasteiger charge is 2.13. The number of amides is 1. The lowest BCUT2D eigenvalue weighted by Gasteiger charge is -2.06. The maximum atomic E-state index is 12.8. The molecule has 3 aromatic carbocycles. The lowest BCUT2D eigenvalue weighted by atomic mass is 10.1. The van der Waals surface area contributed by atoms with E-state index >= 15 is 0 Å². The Morgan fingerprint density at radius 2 is 1.82 bits per heavy atom. The first-order chi connectivity index (χ1) is 16.1. The fraction of sp³-hybridized carbons (Fsp3) is 0.111. The van der Waals surface area contributed by atoms with E-state index < -0.39 is 5.91 Å². The first-order valence-corrected chi connectivity index (χ1v) is 10.9. The van der Waals surface area contributed by atoms with Crippen LogP contribution in [0.4, 0.5) is 5.69 Å². The number of nitriles is 1. The number of hydrogen-bond donors (Lipinski definition) is 1. The normalized spacial score (nSPS) is 11.2. The first kappa shape index (κ1) is 22.2. The van der Waals surface area contributed by atoms with Gasteiger partial charge in [-0.25, -0.2) is 0 Å². The maximum absolute atomic E-state index is 12.8. The molecule has 0 aliphatic carbocycles. The predicted octanol–water partition coefficient (Wildman–Crippen LogP) is 6.29. The number of benzene rings is 3. The Labute approximate surface area is 197 Å². The number of carbonyl (C=O) groups excluding carboxylic acids is 1. The van der Waals surface area contributed by atoms with Crippen molar-refractivity contribution < 1.29 is 9.53 Å². The molecule has 0 bridgehead atoms. The molecule has 0 radical (unpaired) electrons. The standard InChI is InChI=1S/C27H22ClN3O2/c1-2-33-24-13-11-23(12-14-24)30-27(32)20(16-29)15-21-18-31(26-6-4-3-5-25(21)26)17-19-7-9-22(28)10-8-19/h3-15,18H,2,17H2,1H3,(H,30,32). The van der Waals surface area contributed by atoms with Crippen LogP contribution in [0.1, 0.15) is 18.1 Å². The van der Waals surface area contributed by atoms with Gasteiger partial charge < -0.3 is 14.6 Å². The first-order valence-electron chi connectivity index (χ1n) is 10.6. The van der Waals surface area contributed by atoms with Gasteiger partial charge >= 0.3 is 0 Å². The largest absolute Gasteiger partial charge is 0.494 e.